The van der Waals surface area contributed by atoms with E-state index in [0.29, 0.717) is 12.1 Å². The van der Waals surface area contributed by atoms with E-state index in [9.17, 15) is 0 Å². The van der Waals surface area contributed by atoms with Crippen LogP contribution < -0.4 is 5.32 Å². The molecule has 90 valence electrons. The molecule has 0 saturated carbocycles. The highest BCUT2D eigenvalue weighted by atomic mass is 16.5. The molecule has 2 nitrogen and oxygen atoms in total. The molecule has 0 spiro atoms. The molecule has 0 amide bonds. The highest BCUT2D eigenvalue weighted by Gasteiger charge is 2.20. The van der Waals surface area contributed by atoms with Gasteiger partial charge >= 0.3 is 0 Å². The first-order valence-electron chi connectivity index (χ1n) is 6.43. The van der Waals surface area contributed by atoms with Gasteiger partial charge in [0, 0.05) is 25.3 Å². The average molecular weight is 213 g/mol. The zero-order chi connectivity index (χ0) is 11.3. The van der Waals surface area contributed by atoms with Gasteiger partial charge in [-0.15, -0.1) is 0 Å². The predicted octanol–water partition coefficient (Wildman–Crippen LogP) is 2.83. The van der Waals surface area contributed by atoms with Crippen LogP contribution in [0.2, 0.25) is 0 Å². The minimum Gasteiger partial charge on any atom is -0.381 e. The first kappa shape index (κ1) is 13.0. The van der Waals surface area contributed by atoms with Crippen molar-refractivity contribution in [1.29, 1.82) is 0 Å². The summed E-state index contributed by atoms with van der Waals surface area (Å²) >= 11 is 0. The number of rotatable bonds is 5. The summed E-state index contributed by atoms with van der Waals surface area (Å²) in [5, 5.41) is 3.60. The molecule has 1 saturated heterocycles. The summed E-state index contributed by atoms with van der Waals surface area (Å²) in [5.74, 6) is 1.67. The van der Waals surface area contributed by atoms with Gasteiger partial charge in [-0.1, -0.05) is 20.8 Å². The Bertz CT molecular complexity index is 164. The van der Waals surface area contributed by atoms with Gasteiger partial charge in [0.25, 0.3) is 0 Å². The predicted molar refractivity (Wildman–Crippen MR) is 65.1 cm³/mol. The molecule has 1 heterocycles. The molecule has 0 bridgehead atoms. The standard InChI is InChI=1S/C13H27NO/c1-10(2)14-12(4)11(3)9-13-5-7-15-8-6-13/h10-14H,5-9H2,1-4H3. The highest BCUT2D eigenvalue weighted by molar-refractivity contribution is 4.75. The second-order valence-corrected chi connectivity index (χ2v) is 5.38. The molecule has 2 heteroatoms. The van der Waals surface area contributed by atoms with Crippen LogP contribution in [0.25, 0.3) is 0 Å². The van der Waals surface area contributed by atoms with E-state index >= 15 is 0 Å². The Balaban J connectivity index is 2.23. The topological polar surface area (TPSA) is 21.3 Å². The monoisotopic (exact) mass is 213 g/mol. The lowest BCUT2D eigenvalue weighted by atomic mass is 9.86. The van der Waals surface area contributed by atoms with Crippen LogP contribution in [0.3, 0.4) is 0 Å². The van der Waals surface area contributed by atoms with Crippen LogP contribution in [-0.4, -0.2) is 25.3 Å². The van der Waals surface area contributed by atoms with Gasteiger partial charge in [-0.25, -0.2) is 0 Å². The molecule has 0 aromatic rings. The third kappa shape index (κ3) is 4.98. The lowest BCUT2D eigenvalue weighted by molar-refractivity contribution is 0.0574. The highest BCUT2D eigenvalue weighted by Crippen LogP contribution is 2.24. The average Bonchev–Trinajstić information content (AvgIpc) is 2.18. The smallest absolute Gasteiger partial charge is 0.0468 e. The van der Waals surface area contributed by atoms with Crippen molar-refractivity contribution in [2.24, 2.45) is 11.8 Å². The Labute approximate surface area is 94.8 Å². The normalized spacial score (nSPS) is 23.0. The van der Waals surface area contributed by atoms with Crippen LogP contribution >= 0.6 is 0 Å². The number of hydrogen-bond donors (Lipinski definition) is 1. The van der Waals surface area contributed by atoms with Gasteiger partial charge in [-0.3, -0.25) is 0 Å². The van der Waals surface area contributed by atoms with Crippen molar-refractivity contribution < 1.29 is 4.74 Å². The zero-order valence-electron chi connectivity index (χ0n) is 10.8. The van der Waals surface area contributed by atoms with Gasteiger partial charge in [-0.2, -0.15) is 0 Å². The van der Waals surface area contributed by atoms with E-state index in [4.69, 9.17) is 4.74 Å². The summed E-state index contributed by atoms with van der Waals surface area (Å²) in [6.45, 7) is 11.1. The summed E-state index contributed by atoms with van der Waals surface area (Å²) in [6.07, 6.45) is 3.88. The van der Waals surface area contributed by atoms with Crippen molar-refractivity contribution in [3.05, 3.63) is 0 Å². The molecule has 2 atom stereocenters. The molecule has 1 N–H and O–H groups in total. The minimum absolute atomic E-state index is 0.595. The Kier molecular flexibility index (Phi) is 5.62. The van der Waals surface area contributed by atoms with E-state index in [1.165, 1.54) is 19.3 Å². The summed E-state index contributed by atoms with van der Waals surface area (Å²) in [6, 6.07) is 1.23. The lowest BCUT2D eigenvalue weighted by Gasteiger charge is -2.29. The van der Waals surface area contributed by atoms with Gasteiger partial charge in [-0.05, 0) is 38.0 Å². The van der Waals surface area contributed by atoms with E-state index in [0.717, 1.165) is 25.0 Å². The fourth-order valence-corrected chi connectivity index (χ4v) is 2.40. The zero-order valence-corrected chi connectivity index (χ0v) is 10.8. The molecule has 1 aliphatic heterocycles. The number of ether oxygens (including phenoxy) is 1. The van der Waals surface area contributed by atoms with E-state index in [2.05, 4.69) is 33.0 Å². The van der Waals surface area contributed by atoms with Gasteiger partial charge < -0.3 is 10.1 Å². The van der Waals surface area contributed by atoms with Gasteiger partial charge in [0.2, 0.25) is 0 Å². The van der Waals surface area contributed by atoms with Crippen LogP contribution in [0.1, 0.15) is 47.0 Å². The van der Waals surface area contributed by atoms with Crippen molar-refractivity contribution in [2.45, 2.75) is 59.0 Å². The molecule has 0 aromatic carbocycles. The summed E-state index contributed by atoms with van der Waals surface area (Å²) in [7, 11) is 0. The Morgan fingerprint density at radius 1 is 1.13 bits per heavy atom. The number of nitrogens with one attached hydrogen (secondary N) is 1. The third-order valence-electron chi connectivity index (χ3n) is 3.50. The second kappa shape index (κ2) is 6.49. The lowest BCUT2D eigenvalue weighted by Crippen LogP contribution is -2.38. The van der Waals surface area contributed by atoms with Gasteiger partial charge in [0.05, 0.1) is 0 Å². The summed E-state index contributed by atoms with van der Waals surface area (Å²) in [4.78, 5) is 0. The maximum absolute atomic E-state index is 5.39. The summed E-state index contributed by atoms with van der Waals surface area (Å²) in [5.41, 5.74) is 0. The van der Waals surface area contributed by atoms with E-state index in [1.807, 2.05) is 0 Å². The van der Waals surface area contributed by atoms with E-state index in [1.54, 1.807) is 0 Å². The maximum Gasteiger partial charge on any atom is 0.0468 e. The van der Waals surface area contributed by atoms with Crippen LogP contribution in [0, 0.1) is 11.8 Å². The minimum atomic E-state index is 0.595. The third-order valence-corrected chi connectivity index (χ3v) is 3.50. The van der Waals surface area contributed by atoms with Crippen molar-refractivity contribution in [1.82, 2.24) is 5.32 Å². The van der Waals surface area contributed by atoms with E-state index < -0.39 is 0 Å². The van der Waals surface area contributed by atoms with Crippen molar-refractivity contribution >= 4 is 0 Å². The Hall–Kier alpha value is -0.0800. The van der Waals surface area contributed by atoms with Crippen LogP contribution in [0.15, 0.2) is 0 Å². The first-order chi connectivity index (χ1) is 7.09. The Morgan fingerprint density at radius 3 is 2.27 bits per heavy atom. The molecule has 1 rings (SSSR count). The fraction of sp³-hybridized carbons (Fsp3) is 1.00. The number of hydrogen-bond acceptors (Lipinski definition) is 2. The van der Waals surface area contributed by atoms with Crippen LogP contribution in [-0.2, 0) is 4.74 Å². The van der Waals surface area contributed by atoms with Crippen LogP contribution in [0.4, 0.5) is 0 Å². The Morgan fingerprint density at radius 2 is 1.73 bits per heavy atom. The molecule has 0 aliphatic carbocycles. The molecular weight excluding hydrogens is 186 g/mol. The van der Waals surface area contributed by atoms with Crippen molar-refractivity contribution in [3.63, 3.8) is 0 Å². The molecule has 0 aromatic heterocycles. The molecule has 0 radical (unpaired) electrons. The summed E-state index contributed by atoms with van der Waals surface area (Å²) < 4.78 is 5.39. The van der Waals surface area contributed by atoms with Crippen molar-refractivity contribution in [2.75, 3.05) is 13.2 Å². The molecule has 1 fully saturated rings. The first-order valence-corrected chi connectivity index (χ1v) is 6.43. The molecule has 1 aliphatic rings. The fourth-order valence-electron chi connectivity index (χ4n) is 2.40. The molecular formula is C13H27NO. The quantitative estimate of drug-likeness (QED) is 0.758. The second-order valence-electron chi connectivity index (χ2n) is 5.38. The largest absolute Gasteiger partial charge is 0.381 e. The molecule has 2 unspecified atom stereocenters. The van der Waals surface area contributed by atoms with Gasteiger partial charge in [0.1, 0.15) is 0 Å². The maximum atomic E-state index is 5.39. The van der Waals surface area contributed by atoms with Gasteiger partial charge in [0.15, 0.2) is 0 Å². The molecule has 15 heavy (non-hydrogen) atoms. The van der Waals surface area contributed by atoms with Crippen LogP contribution in [0.5, 0.6) is 0 Å². The SMILES string of the molecule is CC(C)NC(C)C(C)CC1CCOCC1. The van der Waals surface area contributed by atoms with Crippen molar-refractivity contribution in [3.8, 4) is 0 Å². The van der Waals surface area contributed by atoms with E-state index in [-0.39, 0.29) is 0 Å².